The molecule has 0 radical (unpaired) electrons. The van der Waals surface area contributed by atoms with E-state index in [0.717, 1.165) is 5.76 Å². The normalized spacial score (nSPS) is 12.4. The average molecular weight is 226 g/mol. The first kappa shape index (κ1) is 12.7. The number of aryl methyl sites for hydroxylation is 1. The van der Waals surface area contributed by atoms with Crippen molar-refractivity contribution in [1.29, 1.82) is 0 Å². The largest absolute Gasteiger partial charge is 0.466 e. The van der Waals surface area contributed by atoms with Gasteiger partial charge in [0.2, 0.25) is 5.89 Å². The fourth-order valence-corrected chi connectivity index (χ4v) is 1.25. The first-order chi connectivity index (χ1) is 7.63. The topological polar surface area (TPSA) is 64.4 Å². The van der Waals surface area contributed by atoms with Gasteiger partial charge < -0.3 is 14.5 Å². The predicted molar refractivity (Wildman–Crippen MR) is 58.7 cm³/mol. The highest BCUT2D eigenvalue weighted by atomic mass is 16.5. The minimum atomic E-state index is -0.182. The maximum atomic E-state index is 11.3. The molecule has 5 nitrogen and oxygen atoms in total. The molecule has 1 N–H and O–H groups in total. The van der Waals surface area contributed by atoms with E-state index in [2.05, 4.69) is 10.3 Å². The first-order valence-electron chi connectivity index (χ1n) is 5.42. The summed E-state index contributed by atoms with van der Waals surface area (Å²) in [4.78, 5) is 15.3. The summed E-state index contributed by atoms with van der Waals surface area (Å²) in [7, 11) is 0. The van der Waals surface area contributed by atoms with E-state index in [4.69, 9.17) is 9.15 Å². The van der Waals surface area contributed by atoms with Crippen molar-refractivity contribution in [3.63, 3.8) is 0 Å². The van der Waals surface area contributed by atoms with Gasteiger partial charge in [0, 0.05) is 6.54 Å². The molecule has 0 saturated heterocycles. The molecule has 90 valence electrons. The second-order valence-corrected chi connectivity index (χ2v) is 3.65. The summed E-state index contributed by atoms with van der Waals surface area (Å²) in [5, 5.41) is 3.10. The summed E-state index contributed by atoms with van der Waals surface area (Å²) in [5.41, 5.74) is 0. The third-order valence-corrected chi connectivity index (χ3v) is 2.08. The Morgan fingerprint density at radius 3 is 3.00 bits per heavy atom. The predicted octanol–water partition coefficient (Wildman–Crippen LogP) is 1.27. The number of esters is 1. The molecule has 1 rings (SSSR count). The smallest absolute Gasteiger partial charge is 0.309 e. The van der Waals surface area contributed by atoms with Crippen molar-refractivity contribution in [3.05, 3.63) is 17.8 Å². The van der Waals surface area contributed by atoms with Gasteiger partial charge in [-0.25, -0.2) is 4.98 Å². The molecule has 5 heteroatoms. The standard InChI is InChI=1S/C11H18N2O3/c1-4-15-11(14)8(2)5-12-7-10-13-6-9(3)16-10/h6,8,12H,4-5,7H2,1-3H3. The second kappa shape index (κ2) is 6.27. The van der Waals surface area contributed by atoms with E-state index in [-0.39, 0.29) is 11.9 Å². The molecule has 1 heterocycles. The van der Waals surface area contributed by atoms with Gasteiger partial charge in [-0.15, -0.1) is 0 Å². The highest BCUT2D eigenvalue weighted by Crippen LogP contribution is 2.02. The molecule has 0 aliphatic carbocycles. The Kier molecular flexibility index (Phi) is 4.98. The molecule has 0 bridgehead atoms. The summed E-state index contributed by atoms with van der Waals surface area (Å²) < 4.78 is 10.2. The van der Waals surface area contributed by atoms with Gasteiger partial charge in [-0.1, -0.05) is 6.92 Å². The average Bonchev–Trinajstić information content (AvgIpc) is 2.64. The van der Waals surface area contributed by atoms with E-state index in [9.17, 15) is 4.79 Å². The van der Waals surface area contributed by atoms with Crippen molar-refractivity contribution in [2.45, 2.75) is 27.3 Å². The van der Waals surface area contributed by atoms with E-state index in [1.807, 2.05) is 13.8 Å². The van der Waals surface area contributed by atoms with Crippen molar-refractivity contribution < 1.29 is 13.9 Å². The number of nitrogens with one attached hydrogen (secondary N) is 1. The van der Waals surface area contributed by atoms with Crippen LogP contribution in [-0.2, 0) is 16.1 Å². The summed E-state index contributed by atoms with van der Waals surface area (Å²) in [6, 6.07) is 0. The first-order valence-corrected chi connectivity index (χ1v) is 5.42. The molecule has 0 spiro atoms. The molecular weight excluding hydrogens is 208 g/mol. The van der Waals surface area contributed by atoms with Crippen molar-refractivity contribution >= 4 is 5.97 Å². The summed E-state index contributed by atoms with van der Waals surface area (Å²) >= 11 is 0. The number of carbonyl (C=O) groups excluding carboxylic acids is 1. The zero-order valence-electron chi connectivity index (χ0n) is 9.95. The molecule has 0 amide bonds. The quantitative estimate of drug-likeness (QED) is 0.740. The van der Waals surface area contributed by atoms with Crippen LogP contribution in [0, 0.1) is 12.8 Å². The van der Waals surface area contributed by atoms with Gasteiger partial charge in [-0.3, -0.25) is 4.79 Å². The van der Waals surface area contributed by atoms with Crippen LogP contribution < -0.4 is 5.32 Å². The van der Waals surface area contributed by atoms with E-state index in [1.54, 1.807) is 13.1 Å². The van der Waals surface area contributed by atoms with E-state index in [0.29, 0.717) is 25.6 Å². The van der Waals surface area contributed by atoms with Crippen LogP contribution in [0.1, 0.15) is 25.5 Å². The highest BCUT2D eigenvalue weighted by Gasteiger charge is 2.13. The van der Waals surface area contributed by atoms with Crippen molar-refractivity contribution in [2.75, 3.05) is 13.2 Å². The second-order valence-electron chi connectivity index (χ2n) is 3.65. The lowest BCUT2D eigenvalue weighted by molar-refractivity contribution is -0.147. The van der Waals surface area contributed by atoms with Crippen LogP contribution in [-0.4, -0.2) is 24.1 Å². The van der Waals surface area contributed by atoms with Gasteiger partial charge in [-0.2, -0.15) is 0 Å². The minimum Gasteiger partial charge on any atom is -0.466 e. The maximum Gasteiger partial charge on any atom is 0.309 e. The third kappa shape index (κ3) is 4.02. The Morgan fingerprint density at radius 2 is 2.44 bits per heavy atom. The molecule has 1 aromatic rings. The minimum absolute atomic E-state index is 0.156. The molecule has 16 heavy (non-hydrogen) atoms. The number of nitrogens with zero attached hydrogens (tertiary/aromatic N) is 1. The van der Waals surface area contributed by atoms with E-state index in [1.165, 1.54) is 0 Å². The summed E-state index contributed by atoms with van der Waals surface area (Å²) in [6.07, 6.45) is 1.67. The molecule has 1 atom stereocenters. The number of oxazole rings is 1. The van der Waals surface area contributed by atoms with E-state index < -0.39 is 0 Å². The molecule has 1 aromatic heterocycles. The Balaban J connectivity index is 2.22. The molecule has 0 aliphatic heterocycles. The Labute approximate surface area is 95.2 Å². The highest BCUT2D eigenvalue weighted by molar-refractivity contribution is 5.72. The van der Waals surface area contributed by atoms with Crippen LogP contribution >= 0.6 is 0 Å². The molecule has 0 aromatic carbocycles. The summed E-state index contributed by atoms with van der Waals surface area (Å²) in [5.74, 6) is 1.08. The molecule has 0 aliphatic rings. The van der Waals surface area contributed by atoms with Gasteiger partial charge in [0.25, 0.3) is 0 Å². The van der Waals surface area contributed by atoms with Crippen molar-refractivity contribution in [2.24, 2.45) is 5.92 Å². The Bertz CT molecular complexity index is 336. The Morgan fingerprint density at radius 1 is 1.69 bits per heavy atom. The number of hydrogen-bond acceptors (Lipinski definition) is 5. The number of hydrogen-bond donors (Lipinski definition) is 1. The van der Waals surface area contributed by atoms with Crippen LogP contribution in [0.3, 0.4) is 0 Å². The lowest BCUT2D eigenvalue weighted by Gasteiger charge is -2.10. The molecule has 0 fully saturated rings. The number of rotatable bonds is 6. The van der Waals surface area contributed by atoms with Gasteiger partial charge in [-0.05, 0) is 13.8 Å². The SMILES string of the molecule is CCOC(=O)C(C)CNCc1ncc(C)o1. The lowest BCUT2D eigenvalue weighted by Crippen LogP contribution is -2.27. The molecule has 0 saturated carbocycles. The van der Waals surface area contributed by atoms with E-state index >= 15 is 0 Å². The van der Waals surface area contributed by atoms with Crippen LogP contribution in [0.15, 0.2) is 10.6 Å². The zero-order valence-corrected chi connectivity index (χ0v) is 9.95. The van der Waals surface area contributed by atoms with Gasteiger partial charge >= 0.3 is 5.97 Å². The Hall–Kier alpha value is -1.36. The zero-order chi connectivity index (χ0) is 12.0. The van der Waals surface area contributed by atoms with Crippen LogP contribution in [0.2, 0.25) is 0 Å². The van der Waals surface area contributed by atoms with Gasteiger partial charge in [0.1, 0.15) is 5.76 Å². The number of aromatic nitrogens is 1. The fraction of sp³-hybridized carbons (Fsp3) is 0.636. The van der Waals surface area contributed by atoms with Crippen molar-refractivity contribution in [1.82, 2.24) is 10.3 Å². The fourth-order valence-electron chi connectivity index (χ4n) is 1.25. The number of carbonyl (C=O) groups is 1. The maximum absolute atomic E-state index is 11.3. The summed E-state index contributed by atoms with van der Waals surface area (Å²) in [6.45, 7) is 6.97. The van der Waals surface area contributed by atoms with Crippen LogP contribution in [0.25, 0.3) is 0 Å². The third-order valence-electron chi connectivity index (χ3n) is 2.08. The van der Waals surface area contributed by atoms with Crippen LogP contribution in [0.5, 0.6) is 0 Å². The van der Waals surface area contributed by atoms with Crippen molar-refractivity contribution in [3.8, 4) is 0 Å². The van der Waals surface area contributed by atoms with Crippen LogP contribution in [0.4, 0.5) is 0 Å². The lowest BCUT2D eigenvalue weighted by atomic mass is 10.2. The molecular formula is C11H18N2O3. The molecule has 1 unspecified atom stereocenters. The van der Waals surface area contributed by atoms with Gasteiger partial charge in [0.15, 0.2) is 0 Å². The number of ether oxygens (including phenoxy) is 1. The monoisotopic (exact) mass is 226 g/mol. The van der Waals surface area contributed by atoms with Gasteiger partial charge in [0.05, 0.1) is 25.3 Å².